The largest absolute Gasteiger partial charge is 0.456 e. The highest BCUT2D eigenvalue weighted by Gasteiger charge is 2.55. The SMILES string of the molecule is CO[C@@H]1O[C@H](CO[Si](c2ccccc2)(c2ccccc2)C(C)(C)C)[C@@H](OC(C)=O)[C@@H](OC(C)=O)[C@@H]1OC(C)=O. The lowest BCUT2D eigenvalue weighted by Crippen LogP contribution is -2.68. The molecule has 0 saturated carbocycles. The molecule has 5 atom stereocenters. The molecule has 39 heavy (non-hydrogen) atoms. The third-order valence-corrected chi connectivity index (χ3v) is 11.6. The van der Waals surface area contributed by atoms with Gasteiger partial charge < -0.3 is 28.1 Å². The summed E-state index contributed by atoms with van der Waals surface area (Å²) >= 11 is 0. The Balaban J connectivity index is 2.09. The molecule has 0 amide bonds. The fraction of sp³-hybridized carbons (Fsp3) is 0.483. The minimum absolute atomic E-state index is 0.0182. The summed E-state index contributed by atoms with van der Waals surface area (Å²) in [4.78, 5) is 36.2. The molecule has 9 nitrogen and oxygen atoms in total. The molecule has 0 N–H and O–H groups in total. The third-order valence-electron chi connectivity index (χ3n) is 6.61. The topological polar surface area (TPSA) is 107 Å². The van der Waals surface area contributed by atoms with E-state index in [1.807, 2.05) is 36.4 Å². The van der Waals surface area contributed by atoms with Gasteiger partial charge in [-0.05, 0) is 15.4 Å². The van der Waals surface area contributed by atoms with E-state index in [1.54, 1.807) is 0 Å². The second kappa shape index (κ2) is 12.9. The van der Waals surface area contributed by atoms with Crippen LogP contribution < -0.4 is 10.4 Å². The number of esters is 3. The number of methoxy groups -OCH3 is 1. The van der Waals surface area contributed by atoms with Crippen molar-refractivity contribution >= 4 is 36.6 Å². The predicted molar refractivity (Wildman–Crippen MR) is 146 cm³/mol. The van der Waals surface area contributed by atoms with Gasteiger partial charge >= 0.3 is 17.9 Å². The number of carbonyl (C=O) groups excluding carboxylic acids is 3. The third kappa shape index (κ3) is 6.94. The van der Waals surface area contributed by atoms with Gasteiger partial charge in [0.25, 0.3) is 8.32 Å². The van der Waals surface area contributed by atoms with Crippen LogP contribution in [0.1, 0.15) is 41.5 Å². The van der Waals surface area contributed by atoms with Crippen molar-refractivity contribution in [3.8, 4) is 0 Å². The van der Waals surface area contributed by atoms with E-state index in [-0.39, 0.29) is 11.6 Å². The van der Waals surface area contributed by atoms with Crippen LogP contribution in [0.2, 0.25) is 5.04 Å². The van der Waals surface area contributed by atoms with E-state index >= 15 is 0 Å². The van der Waals surface area contributed by atoms with Gasteiger partial charge in [-0.15, -0.1) is 0 Å². The first-order chi connectivity index (χ1) is 18.4. The van der Waals surface area contributed by atoms with Crippen LogP contribution in [0.3, 0.4) is 0 Å². The van der Waals surface area contributed by atoms with Crippen molar-refractivity contribution in [3.05, 3.63) is 60.7 Å². The van der Waals surface area contributed by atoms with Crippen molar-refractivity contribution in [2.75, 3.05) is 13.7 Å². The molecule has 2 aromatic carbocycles. The molecule has 10 heteroatoms. The molecule has 1 heterocycles. The van der Waals surface area contributed by atoms with Gasteiger partial charge in [-0.25, -0.2) is 0 Å². The zero-order valence-corrected chi connectivity index (χ0v) is 24.5. The summed E-state index contributed by atoms with van der Waals surface area (Å²) in [6.45, 7) is 10.1. The second-order valence-corrected chi connectivity index (χ2v) is 14.8. The van der Waals surface area contributed by atoms with Gasteiger partial charge in [0.2, 0.25) is 0 Å². The number of rotatable bonds is 9. The van der Waals surface area contributed by atoms with Crippen LogP contribution in [0.5, 0.6) is 0 Å². The molecule has 2 aromatic rings. The Kier molecular flexibility index (Phi) is 10.1. The number of hydrogen-bond donors (Lipinski definition) is 0. The van der Waals surface area contributed by atoms with Gasteiger partial charge in [0.1, 0.15) is 6.10 Å². The van der Waals surface area contributed by atoms with E-state index in [4.69, 9.17) is 28.1 Å². The Morgan fingerprint density at radius 2 is 1.18 bits per heavy atom. The smallest absolute Gasteiger partial charge is 0.303 e. The Labute approximate surface area is 230 Å². The molecule has 0 aromatic heterocycles. The summed E-state index contributed by atoms with van der Waals surface area (Å²) in [5.74, 6) is -1.89. The van der Waals surface area contributed by atoms with Gasteiger partial charge in [-0.2, -0.15) is 0 Å². The summed E-state index contributed by atoms with van der Waals surface area (Å²) in [5.41, 5.74) is 0. The Morgan fingerprint density at radius 1 is 0.744 bits per heavy atom. The summed E-state index contributed by atoms with van der Waals surface area (Å²) in [6.07, 6.45) is -5.47. The highest BCUT2D eigenvalue weighted by atomic mass is 28.4. The molecular formula is C29H38O9Si. The van der Waals surface area contributed by atoms with Gasteiger partial charge in [0.05, 0.1) is 6.61 Å². The fourth-order valence-electron chi connectivity index (χ4n) is 5.15. The van der Waals surface area contributed by atoms with Crippen molar-refractivity contribution in [2.24, 2.45) is 0 Å². The lowest BCUT2D eigenvalue weighted by atomic mass is 9.98. The summed E-state index contributed by atoms with van der Waals surface area (Å²) in [5, 5.41) is 1.79. The molecule has 0 bridgehead atoms. The van der Waals surface area contributed by atoms with Crippen molar-refractivity contribution in [1.29, 1.82) is 0 Å². The average Bonchev–Trinajstić information content (AvgIpc) is 2.87. The van der Waals surface area contributed by atoms with Crippen LogP contribution in [0.25, 0.3) is 0 Å². The van der Waals surface area contributed by atoms with E-state index in [2.05, 4.69) is 45.0 Å². The number of benzene rings is 2. The number of carbonyl (C=O) groups is 3. The van der Waals surface area contributed by atoms with Gasteiger partial charge in [0.15, 0.2) is 24.6 Å². The van der Waals surface area contributed by atoms with Crippen LogP contribution in [0.15, 0.2) is 60.7 Å². The van der Waals surface area contributed by atoms with E-state index in [9.17, 15) is 14.4 Å². The van der Waals surface area contributed by atoms with E-state index in [0.717, 1.165) is 10.4 Å². The average molecular weight is 559 g/mol. The molecule has 1 aliphatic heterocycles. The molecule has 0 unspecified atom stereocenters. The van der Waals surface area contributed by atoms with Gasteiger partial charge in [0, 0.05) is 27.9 Å². The minimum atomic E-state index is -2.99. The van der Waals surface area contributed by atoms with Crippen molar-refractivity contribution in [2.45, 2.75) is 77.3 Å². The molecule has 212 valence electrons. The molecule has 0 radical (unpaired) electrons. The monoisotopic (exact) mass is 558 g/mol. The van der Waals surface area contributed by atoms with Gasteiger partial charge in [-0.3, -0.25) is 14.4 Å². The zero-order chi connectivity index (χ0) is 28.8. The van der Waals surface area contributed by atoms with E-state index in [0.29, 0.717) is 0 Å². The van der Waals surface area contributed by atoms with Crippen molar-refractivity contribution in [1.82, 2.24) is 0 Å². The molecule has 1 saturated heterocycles. The van der Waals surface area contributed by atoms with Crippen LogP contribution in [0, 0.1) is 0 Å². The van der Waals surface area contributed by atoms with Gasteiger partial charge in [-0.1, -0.05) is 81.4 Å². The highest BCUT2D eigenvalue weighted by Crippen LogP contribution is 2.38. The standard InChI is InChI=1S/C29H38O9Si/c1-19(30)35-25-24(38-28(33-7)27(37-21(3)32)26(25)36-20(2)31)18-34-39(29(4,5)6,22-14-10-8-11-15-22)23-16-12-9-13-17-23/h8-17,24-28H,18H2,1-7H3/t24-,25-,26-,27+,28-/m1/s1. The van der Waals surface area contributed by atoms with Crippen molar-refractivity contribution in [3.63, 3.8) is 0 Å². The first-order valence-electron chi connectivity index (χ1n) is 12.9. The molecule has 3 rings (SSSR count). The molecule has 0 aliphatic carbocycles. The normalized spacial score (nSPS) is 23.5. The maximum Gasteiger partial charge on any atom is 0.303 e. The molecular weight excluding hydrogens is 520 g/mol. The van der Waals surface area contributed by atoms with Crippen LogP contribution in [-0.2, 0) is 42.5 Å². The summed E-state index contributed by atoms with van der Waals surface area (Å²) in [6, 6.07) is 20.1. The molecule has 1 aliphatic rings. The van der Waals surface area contributed by atoms with Crippen LogP contribution in [0.4, 0.5) is 0 Å². The highest BCUT2D eigenvalue weighted by molar-refractivity contribution is 6.99. The van der Waals surface area contributed by atoms with E-state index in [1.165, 1.54) is 27.9 Å². The second-order valence-electron chi connectivity index (χ2n) is 10.5. The maximum absolute atomic E-state index is 12.2. The lowest BCUT2D eigenvalue weighted by Gasteiger charge is -2.47. The quantitative estimate of drug-likeness (QED) is 0.261. The zero-order valence-electron chi connectivity index (χ0n) is 23.5. The van der Waals surface area contributed by atoms with E-state index < -0.39 is 56.9 Å². The number of ether oxygens (including phenoxy) is 5. The first kappa shape index (κ1) is 30.5. The minimum Gasteiger partial charge on any atom is -0.456 e. The Morgan fingerprint density at radius 3 is 1.59 bits per heavy atom. The molecule has 0 spiro atoms. The summed E-state index contributed by atoms with van der Waals surface area (Å²) in [7, 11) is -1.60. The maximum atomic E-state index is 12.2. The lowest BCUT2D eigenvalue weighted by molar-refractivity contribution is -0.301. The predicted octanol–water partition coefficient (Wildman–Crippen LogP) is 2.73. The van der Waals surface area contributed by atoms with Crippen LogP contribution >= 0.6 is 0 Å². The van der Waals surface area contributed by atoms with Crippen molar-refractivity contribution < 1.29 is 42.5 Å². The van der Waals surface area contributed by atoms with Crippen LogP contribution in [-0.4, -0.2) is 70.6 Å². The fourth-order valence-corrected chi connectivity index (χ4v) is 9.72. The number of hydrogen-bond acceptors (Lipinski definition) is 9. The summed E-state index contributed by atoms with van der Waals surface area (Å²) < 4.78 is 35.3. The Bertz CT molecular complexity index is 1080. The Hall–Kier alpha value is -3.05. The molecule has 1 fully saturated rings. The first-order valence-corrected chi connectivity index (χ1v) is 14.8.